The molecule has 0 aromatic heterocycles. The average Bonchev–Trinajstić information content (AvgIpc) is 2.57. The van der Waals surface area contributed by atoms with Crippen molar-refractivity contribution in [1.82, 2.24) is 14.7 Å². The van der Waals surface area contributed by atoms with E-state index in [0.717, 1.165) is 78.9 Å². The zero-order valence-corrected chi connectivity index (χ0v) is 16.6. The SMILES string of the molecule is [Se]=P(CN1CCOCC1)(CN1CCOCC1)CN1CCOCC1. The van der Waals surface area contributed by atoms with Crippen molar-refractivity contribution in [3.8, 4) is 0 Å². The molecule has 0 atom stereocenters. The molecule has 8 heteroatoms. The molecule has 3 heterocycles. The van der Waals surface area contributed by atoms with Gasteiger partial charge in [-0.15, -0.1) is 0 Å². The van der Waals surface area contributed by atoms with E-state index in [1.807, 2.05) is 0 Å². The van der Waals surface area contributed by atoms with Crippen LogP contribution in [0.4, 0.5) is 0 Å². The Bertz CT molecular complexity index is 340. The molecule has 3 saturated heterocycles. The number of rotatable bonds is 6. The fourth-order valence-electron chi connectivity index (χ4n) is 3.46. The standard InChI is InChI=1S/C15H30N3O3PSe/c23-22(13-16-1-7-19-8-2-16,14-17-3-9-20-10-4-17)15-18-5-11-21-12-6-18/h1-15H2. The summed E-state index contributed by atoms with van der Waals surface area (Å²) in [5, 5.41) is 0. The van der Waals surface area contributed by atoms with Gasteiger partial charge in [0.1, 0.15) is 0 Å². The molecule has 0 radical (unpaired) electrons. The second-order valence-electron chi connectivity index (χ2n) is 6.67. The van der Waals surface area contributed by atoms with E-state index in [2.05, 4.69) is 29.8 Å². The molecule has 3 fully saturated rings. The van der Waals surface area contributed by atoms with E-state index in [1.165, 1.54) is 18.9 Å². The van der Waals surface area contributed by atoms with Gasteiger partial charge in [-0.05, 0) is 0 Å². The molecular formula is C15H30N3O3PSe. The summed E-state index contributed by atoms with van der Waals surface area (Å²) in [4.78, 5) is 7.82. The molecule has 0 aromatic carbocycles. The van der Waals surface area contributed by atoms with Gasteiger partial charge < -0.3 is 0 Å². The molecule has 0 N–H and O–H groups in total. The molecule has 3 aliphatic heterocycles. The summed E-state index contributed by atoms with van der Waals surface area (Å²) < 4.78 is 16.6. The van der Waals surface area contributed by atoms with E-state index in [0.29, 0.717) is 0 Å². The van der Waals surface area contributed by atoms with Crippen molar-refractivity contribution in [3.63, 3.8) is 0 Å². The van der Waals surface area contributed by atoms with Gasteiger partial charge in [-0.2, -0.15) is 0 Å². The first-order valence-corrected chi connectivity index (χ1v) is 13.3. The Hall–Kier alpha value is 0.709. The van der Waals surface area contributed by atoms with E-state index in [-0.39, 0.29) is 0 Å². The first-order valence-electron chi connectivity index (χ1n) is 8.71. The van der Waals surface area contributed by atoms with Crippen LogP contribution in [0.15, 0.2) is 0 Å². The number of morpholine rings is 3. The fourth-order valence-corrected chi connectivity index (χ4v) is 9.84. The van der Waals surface area contributed by atoms with Gasteiger partial charge in [0, 0.05) is 0 Å². The van der Waals surface area contributed by atoms with Crippen LogP contribution in [0.3, 0.4) is 0 Å². The molecule has 0 unspecified atom stereocenters. The summed E-state index contributed by atoms with van der Waals surface area (Å²) in [5.41, 5.74) is -1.19. The molecule has 3 rings (SSSR count). The first kappa shape index (κ1) is 18.5. The fraction of sp³-hybridized carbons (Fsp3) is 1.00. The van der Waals surface area contributed by atoms with E-state index < -0.39 is 5.51 Å². The van der Waals surface area contributed by atoms with Crippen LogP contribution in [0.1, 0.15) is 0 Å². The average molecular weight is 410 g/mol. The summed E-state index contributed by atoms with van der Waals surface area (Å²) in [5.74, 6) is 0. The van der Waals surface area contributed by atoms with Crippen LogP contribution in [0.25, 0.3) is 0 Å². The molecule has 134 valence electrons. The molecule has 0 amide bonds. The normalized spacial score (nSPS) is 26.4. The quantitative estimate of drug-likeness (QED) is 0.452. The third kappa shape index (κ3) is 6.18. The zero-order valence-electron chi connectivity index (χ0n) is 14.0. The van der Waals surface area contributed by atoms with Crippen LogP contribution in [0.2, 0.25) is 0 Å². The van der Waals surface area contributed by atoms with E-state index in [1.54, 1.807) is 0 Å². The topological polar surface area (TPSA) is 37.4 Å². The molecule has 0 spiro atoms. The molecular weight excluding hydrogens is 380 g/mol. The van der Waals surface area contributed by atoms with Crippen molar-refractivity contribution in [2.45, 2.75) is 0 Å². The number of hydrogen-bond acceptors (Lipinski definition) is 6. The van der Waals surface area contributed by atoms with Crippen molar-refractivity contribution in [3.05, 3.63) is 0 Å². The molecule has 3 aliphatic rings. The minimum absolute atomic E-state index is 0.884. The Balaban J connectivity index is 1.61. The Morgan fingerprint density at radius 2 is 0.826 bits per heavy atom. The Morgan fingerprint density at radius 3 is 1.09 bits per heavy atom. The van der Waals surface area contributed by atoms with Crippen LogP contribution in [0.5, 0.6) is 0 Å². The second kappa shape index (κ2) is 9.42. The predicted octanol–water partition coefficient (Wildman–Crippen LogP) is -0.0434. The van der Waals surface area contributed by atoms with Crippen molar-refractivity contribution < 1.29 is 14.2 Å². The molecule has 0 aromatic rings. The summed E-state index contributed by atoms with van der Waals surface area (Å²) in [7, 11) is 0. The summed E-state index contributed by atoms with van der Waals surface area (Å²) >= 11 is 3.70. The van der Waals surface area contributed by atoms with Crippen molar-refractivity contribution in [1.29, 1.82) is 0 Å². The summed E-state index contributed by atoms with van der Waals surface area (Å²) in [6.07, 6.45) is 3.64. The van der Waals surface area contributed by atoms with E-state index in [4.69, 9.17) is 14.2 Å². The number of hydrogen-bond donors (Lipinski definition) is 0. The monoisotopic (exact) mass is 411 g/mol. The van der Waals surface area contributed by atoms with Crippen molar-refractivity contribution >= 4 is 20.6 Å². The van der Waals surface area contributed by atoms with Gasteiger partial charge in [0.2, 0.25) is 0 Å². The third-order valence-electron chi connectivity index (χ3n) is 4.68. The van der Waals surface area contributed by atoms with Gasteiger partial charge in [-0.1, -0.05) is 0 Å². The van der Waals surface area contributed by atoms with Gasteiger partial charge in [0.25, 0.3) is 0 Å². The Kier molecular flexibility index (Phi) is 7.58. The van der Waals surface area contributed by atoms with Gasteiger partial charge in [-0.25, -0.2) is 0 Å². The maximum atomic E-state index is 5.52. The first-order chi connectivity index (χ1) is 11.2. The Morgan fingerprint density at radius 1 is 0.565 bits per heavy atom. The van der Waals surface area contributed by atoms with Crippen LogP contribution in [-0.2, 0) is 14.2 Å². The van der Waals surface area contributed by atoms with E-state index in [9.17, 15) is 0 Å². The van der Waals surface area contributed by atoms with Crippen molar-refractivity contribution in [2.75, 3.05) is 97.8 Å². The van der Waals surface area contributed by atoms with Crippen LogP contribution in [-0.4, -0.2) is 128 Å². The zero-order chi connectivity index (χ0) is 16.0. The van der Waals surface area contributed by atoms with Gasteiger partial charge in [0.05, 0.1) is 0 Å². The van der Waals surface area contributed by atoms with Gasteiger partial charge in [-0.3, -0.25) is 0 Å². The van der Waals surface area contributed by atoms with Crippen LogP contribution < -0.4 is 0 Å². The number of ether oxygens (including phenoxy) is 3. The Labute approximate surface area is 147 Å². The van der Waals surface area contributed by atoms with E-state index >= 15 is 0 Å². The van der Waals surface area contributed by atoms with Crippen LogP contribution >= 0.6 is 5.51 Å². The molecule has 6 nitrogen and oxygen atoms in total. The number of nitrogens with zero attached hydrogens (tertiary/aromatic N) is 3. The van der Waals surface area contributed by atoms with Gasteiger partial charge >= 0.3 is 147 Å². The molecule has 0 saturated carbocycles. The maximum absolute atomic E-state index is 5.52. The third-order valence-corrected chi connectivity index (χ3v) is 9.61. The molecule has 0 aliphatic carbocycles. The minimum atomic E-state index is -1.19. The van der Waals surface area contributed by atoms with Crippen LogP contribution in [0, 0.1) is 0 Å². The molecule has 0 bridgehead atoms. The molecule has 23 heavy (non-hydrogen) atoms. The predicted molar refractivity (Wildman–Crippen MR) is 94.5 cm³/mol. The summed E-state index contributed by atoms with van der Waals surface area (Å²) in [6, 6.07) is 0. The second-order valence-corrected chi connectivity index (χ2v) is 14.5. The van der Waals surface area contributed by atoms with Crippen molar-refractivity contribution in [2.24, 2.45) is 0 Å². The van der Waals surface area contributed by atoms with Gasteiger partial charge in [0.15, 0.2) is 0 Å². The summed E-state index contributed by atoms with van der Waals surface area (Å²) in [6.45, 7) is 11.8.